The first-order chi connectivity index (χ1) is 5.79. The van der Waals surface area contributed by atoms with Crippen molar-refractivity contribution in [1.29, 1.82) is 0 Å². The Morgan fingerprint density at radius 1 is 1.17 bits per heavy atom. The average Bonchev–Trinajstić information content (AvgIpc) is 2.07. The van der Waals surface area contributed by atoms with Crippen LogP contribution in [0.1, 0.15) is 26.7 Å². The Morgan fingerprint density at radius 2 is 1.75 bits per heavy atom. The van der Waals surface area contributed by atoms with Crippen LogP contribution in [-0.4, -0.2) is 35.8 Å². The molecule has 0 bridgehead atoms. The Labute approximate surface area is 76.9 Å². The summed E-state index contributed by atoms with van der Waals surface area (Å²) in [6.45, 7) is 4.88. The Morgan fingerprint density at radius 3 is 2.08 bits per heavy atom. The molecule has 3 nitrogen and oxygen atoms in total. The van der Waals surface area contributed by atoms with Crippen LogP contribution in [0.4, 0.5) is 0 Å². The zero-order chi connectivity index (χ0) is 9.40. The van der Waals surface area contributed by atoms with E-state index in [0.717, 1.165) is 19.4 Å². The first kappa shape index (κ1) is 12.1. The summed E-state index contributed by atoms with van der Waals surface area (Å²) in [6, 6.07) is 0. The first-order valence-electron chi connectivity index (χ1n) is 4.47. The van der Waals surface area contributed by atoms with Gasteiger partial charge in [-0.1, -0.05) is 13.3 Å². The summed E-state index contributed by atoms with van der Waals surface area (Å²) >= 11 is 0. The minimum absolute atomic E-state index is 0.204. The van der Waals surface area contributed by atoms with Crippen LogP contribution in [0.25, 0.3) is 0 Å². The molecule has 0 saturated carbocycles. The van der Waals surface area contributed by atoms with E-state index < -0.39 is 9.28 Å². The number of hydrogen-bond donors (Lipinski definition) is 0. The zero-order valence-electron chi connectivity index (χ0n) is 8.50. The van der Waals surface area contributed by atoms with E-state index in [1.54, 1.807) is 14.2 Å². The van der Waals surface area contributed by atoms with Crippen molar-refractivity contribution in [3.05, 3.63) is 0 Å². The molecule has 0 amide bonds. The summed E-state index contributed by atoms with van der Waals surface area (Å²) in [7, 11) is 1.83. The highest BCUT2D eigenvalue weighted by Gasteiger charge is 2.23. The van der Waals surface area contributed by atoms with E-state index in [9.17, 15) is 0 Å². The third-order valence-electron chi connectivity index (χ3n) is 1.72. The van der Waals surface area contributed by atoms with Gasteiger partial charge in [-0.15, -0.1) is 0 Å². The van der Waals surface area contributed by atoms with Crippen LogP contribution >= 0.6 is 0 Å². The largest absolute Gasteiger partial charge is 0.398 e. The fourth-order valence-electron chi connectivity index (χ4n) is 1.20. The second-order valence-electron chi connectivity index (χ2n) is 2.62. The molecule has 74 valence electrons. The van der Waals surface area contributed by atoms with Crippen molar-refractivity contribution in [2.75, 3.05) is 20.8 Å². The van der Waals surface area contributed by atoms with Gasteiger partial charge < -0.3 is 13.6 Å². The topological polar surface area (TPSA) is 27.7 Å². The minimum Gasteiger partial charge on any atom is -0.398 e. The predicted octanol–water partition coefficient (Wildman–Crippen LogP) is 1.24. The smallest absolute Gasteiger partial charge is 0.350 e. The summed E-state index contributed by atoms with van der Waals surface area (Å²) < 4.78 is 16.1. The van der Waals surface area contributed by atoms with E-state index in [2.05, 4.69) is 6.92 Å². The molecular formula is C8H20O3Si. The van der Waals surface area contributed by atoms with Gasteiger partial charge in [0.15, 0.2) is 0 Å². The van der Waals surface area contributed by atoms with Gasteiger partial charge in [0.2, 0.25) is 0 Å². The van der Waals surface area contributed by atoms with Crippen LogP contribution in [-0.2, 0) is 13.6 Å². The maximum Gasteiger partial charge on any atom is 0.350 e. The number of rotatable bonds is 7. The third kappa shape index (κ3) is 4.20. The van der Waals surface area contributed by atoms with Gasteiger partial charge in [-0.3, -0.25) is 0 Å². The SMILES string of the molecule is CCCC(OCC)[SiH](OC)OC. The summed E-state index contributed by atoms with van der Waals surface area (Å²) in [5.41, 5.74) is 0.204. The molecule has 0 rings (SSSR count). The van der Waals surface area contributed by atoms with Gasteiger partial charge in [-0.2, -0.15) is 0 Å². The molecule has 0 aliphatic rings. The molecule has 0 aromatic heterocycles. The molecule has 0 aliphatic carbocycles. The second-order valence-corrected chi connectivity index (χ2v) is 5.05. The maximum absolute atomic E-state index is 5.54. The molecule has 0 aliphatic heterocycles. The van der Waals surface area contributed by atoms with Gasteiger partial charge >= 0.3 is 9.28 Å². The molecule has 0 radical (unpaired) electrons. The summed E-state index contributed by atoms with van der Waals surface area (Å²) in [5.74, 6) is 0. The second kappa shape index (κ2) is 7.73. The first-order valence-corrected chi connectivity index (χ1v) is 6.08. The maximum atomic E-state index is 5.54. The summed E-state index contributed by atoms with van der Waals surface area (Å²) in [5, 5.41) is 0. The Hall–Kier alpha value is 0.0969. The van der Waals surface area contributed by atoms with Crippen molar-refractivity contribution in [1.82, 2.24) is 0 Å². The molecule has 0 aromatic rings. The molecule has 0 fully saturated rings. The van der Waals surface area contributed by atoms with Crippen molar-refractivity contribution < 1.29 is 13.6 Å². The van der Waals surface area contributed by atoms with Gasteiger partial charge in [-0.25, -0.2) is 0 Å². The van der Waals surface area contributed by atoms with Crippen LogP contribution in [0, 0.1) is 0 Å². The van der Waals surface area contributed by atoms with E-state index in [4.69, 9.17) is 13.6 Å². The van der Waals surface area contributed by atoms with Crippen LogP contribution in [0.5, 0.6) is 0 Å². The molecular weight excluding hydrogens is 172 g/mol. The highest BCUT2D eigenvalue weighted by Crippen LogP contribution is 2.07. The lowest BCUT2D eigenvalue weighted by Crippen LogP contribution is -2.37. The van der Waals surface area contributed by atoms with Crippen LogP contribution < -0.4 is 0 Å². The fraction of sp³-hybridized carbons (Fsp3) is 1.00. The normalized spacial score (nSPS) is 13.8. The molecule has 1 atom stereocenters. The van der Waals surface area contributed by atoms with Gasteiger partial charge in [0.25, 0.3) is 0 Å². The van der Waals surface area contributed by atoms with E-state index in [1.165, 1.54) is 0 Å². The van der Waals surface area contributed by atoms with Crippen LogP contribution in [0.15, 0.2) is 0 Å². The van der Waals surface area contributed by atoms with E-state index in [0.29, 0.717) is 0 Å². The van der Waals surface area contributed by atoms with Crippen molar-refractivity contribution in [3.63, 3.8) is 0 Å². The van der Waals surface area contributed by atoms with E-state index >= 15 is 0 Å². The quantitative estimate of drug-likeness (QED) is 0.568. The highest BCUT2D eigenvalue weighted by atomic mass is 28.3. The predicted molar refractivity (Wildman–Crippen MR) is 51.5 cm³/mol. The Balaban J connectivity index is 3.86. The summed E-state index contributed by atoms with van der Waals surface area (Å²) in [6.07, 6.45) is 2.15. The van der Waals surface area contributed by atoms with Crippen molar-refractivity contribution in [2.24, 2.45) is 0 Å². The standard InChI is InChI=1S/C8H20O3Si/c1-5-7-8(11-6-2)12(9-3)10-4/h8,12H,5-7H2,1-4H3. The van der Waals surface area contributed by atoms with Gasteiger partial charge in [0, 0.05) is 20.8 Å². The molecule has 4 heteroatoms. The molecule has 0 saturated heterocycles. The third-order valence-corrected chi connectivity index (χ3v) is 3.78. The van der Waals surface area contributed by atoms with Gasteiger partial charge in [-0.05, 0) is 13.3 Å². The summed E-state index contributed by atoms with van der Waals surface area (Å²) in [4.78, 5) is 0. The molecule has 0 aromatic carbocycles. The van der Waals surface area contributed by atoms with Crippen LogP contribution in [0.2, 0.25) is 0 Å². The number of hydrogen-bond acceptors (Lipinski definition) is 3. The van der Waals surface area contributed by atoms with Gasteiger partial charge in [0.1, 0.15) is 0 Å². The zero-order valence-corrected chi connectivity index (χ0v) is 9.66. The Kier molecular flexibility index (Phi) is 7.79. The fourth-order valence-corrected chi connectivity index (χ4v) is 2.95. The lowest BCUT2D eigenvalue weighted by molar-refractivity contribution is 0.0734. The molecule has 0 spiro atoms. The van der Waals surface area contributed by atoms with Crippen molar-refractivity contribution in [3.8, 4) is 0 Å². The highest BCUT2D eigenvalue weighted by molar-refractivity contribution is 6.45. The monoisotopic (exact) mass is 192 g/mol. The lowest BCUT2D eigenvalue weighted by Gasteiger charge is -2.21. The van der Waals surface area contributed by atoms with Crippen molar-refractivity contribution in [2.45, 2.75) is 32.4 Å². The number of ether oxygens (including phenoxy) is 1. The minimum atomic E-state index is -1.56. The lowest BCUT2D eigenvalue weighted by atomic mass is 10.3. The molecule has 0 N–H and O–H groups in total. The van der Waals surface area contributed by atoms with Crippen molar-refractivity contribution >= 4 is 9.28 Å². The average molecular weight is 192 g/mol. The van der Waals surface area contributed by atoms with E-state index in [-0.39, 0.29) is 5.73 Å². The van der Waals surface area contributed by atoms with Crippen LogP contribution in [0.3, 0.4) is 0 Å². The molecule has 1 unspecified atom stereocenters. The van der Waals surface area contributed by atoms with Gasteiger partial charge in [0.05, 0.1) is 5.73 Å². The van der Waals surface area contributed by atoms with E-state index in [1.807, 2.05) is 6.92 Å². The molecule has 0 heterocycles. The molecule has 12 heavy (non-hydrogen) atoms. The Bertz CT molecular complexity index is 90.3.